The Morgan fingerprint density at radius 2 is 1.88 bits per heavy atom. The molecule has 0 saturated heterocycles. The second kappa shape index (κ2) is 5.44. The molecule has 0 aromatic heterocycles. The van der Waals surface area contributed by atoms with Crippen LogP contribution in [0.1, 0.15) is 5.56 Å². The summed E-state index contributed by atoms with van der Waals surface area (Å²) in [5.74, 6) is -0.550. The zero-order chi connectivity index (χ0) is 13.1. The molecule has 1 unspecified atom stereocenters. The lowest BCUT2D eigenvalue weighted by Gasteiger charge is -2.07. The smallest absolute Gasteiger partial charge is 0.269 e. The van der Waals surface area contributed by atoms with Crippen molar-refractivity contribution in [1.82, 2.24) is 0 Å². The summed E-state index contributed by atoms with van der Waals surface area (Å²) in [6.45, 7) is 0. The Morgan fingerprint density at radius 1 is 1.35 bits per heavy atom. The van der Waals surface area contributed by atoms with Gasteiger partial charge in [0.05, 0.1) is 16.8 Å². The van der Waals surface area contributed by atoms with Crippen LogP contribution in [0.4, 0.5) is 5.69 Å². The summed E-state index contributed by atoms with van der Waals surface area (Å²) in [5.41, 5.74) is 0.539. The normalized spacial score (nSPS) is 13.3. The number of rotatable bonds is 5. The molecule has 1 N–H and O–H groups in total. The number of benzene rings is 1. The van der Waals surface area contributed by atoms with E-state index in [0.29, 0.717) is 5.56 Å². The van der Waals surface area contributed by atoms with Gasteiger partial charge in [0.2, 0.25) is 9.05 Å². The van der Waals surface area contributed by atoms with Crippen LogP contribution < -0.4 is 0 Å². The first-order valence-corrected chi connectivity index (χ1v) is 7.09. The fraction of sp³-hybridized carbons (Fsp3) is 0.333. The molecule has 1 atom stereocenters. The summed E-state index contributed by atoms with van der Waals surface area (Å²) in [4.78, 5) is 9.84. The molecule has 0 saturated carbocycles. The minimum atomic E-state index is -3.75. The molecule has 6 nitrogen and oxygen atoms in total. The van der Waals surface area contributed by atoms with Gasteiger partial charge in [-0.05, 0) is 12.0 Å². The number of hydrogen-bond donors (Lipinski definition) is 1. The van der Waals surface area contributed by atoms with Gasteiger partial charge in [0.1, 0.15) is 0 Å². The number of nitrogens with zero attached hydrogens (tertiary/aromatic N) is 1. The van der Waals surface area contributed by atoms with Crippen molar-refractivity contribution in [3.63, 3.8) is 0 Å². The average molecular weight is 280 g/mol. The molecule has 0 bridgehead atoms. The lowest BCUT2D eigenvalue weighted by atomic mass is 10.1. The molecule has 0 heterocycles. The molecule has 0 amide bonds. The first-order valence-electron chi connectivity index (χ1n) is 4.61. The Bertz CT molecular complexity index is 499. The molecule has 0 aliphatic heterocycles. The largest absolute Gasteiger partial charge is 0.392 e. The van der Waals surface area contributed by atoms with E-state index in [1.165, 1.54) is 24.3 Å². The van der Waals surface area contributed by atoms with Crippen molar-refractivity contribution in [1.29, 1.82) is 0 Å². The van der Waals surface area contributed by atoms with Crippen LogP contribution in [0.3, 0.4) is 0 Å². The summed E-state index contributed by atoms with van der Waals surface area (Å²) in [5, 5.41) is 19.8. The molecular formula is C9H10ClNO5S. The fourth-order valence-electron chi connectivity index (χ4n) is 1.31. The first-order chi connectivity index (χ1) is 7.78. The highest BCUT2D eigenvalue weighted by Gasteiger charge is 2.15. The molecule has 8 heteroatoms. The van der Waals surface area contributed by atoms with E-state index < -0.39 is 25.8 Å². The van der Waals surface area contributed by atoms with Crippen molar-refractivity contribution >= 4 is 25.4 Å². The molecular weight excluding hydrogens is 270 g/mol. The van der Waals surface area contributed by atoms with Crippen molar-refractivity contribution in [2.45, 2.75) is 12.5 Å². The number of halogens is 1. The van der Waals surface area contributed by atoms with Crippen molar-refractivity contribution < 1.29 is 18.4 Å². The van der Waals surface area contributed by atoms with Gasteiger partial charge in [-0.25, -0.2) is 8.42 Å². The number of non-ortho nitro benzene ring substituents is 1. The van der Waals surface area contributed by atoms with Gasteiger partial charge in [0.15, 0.2) is 0 Å². The first kappa shape index (κ1) is 13.9. The van der Waals surface area contributed by atoms with E-state index in [-0.39, 0.29) is 12.1 Å². The van der Waals surface area contributed by atoms with Gasteiger partial charge in [-0.15, -0.1) is 0 Å². The standard InChI is InChI=1S/C9H10ClNO5S/c10-17(15,16)6-9(12)5-7-1-3-8(4-2-7)11(13)14/h1-4,9,12H,5-6H2. The SMILES string of the molecule is O=[N+]([O-])c1ccc(CC(O)CS(=O)(=O)Cl)cc1. The van der Waals surface area contributed by atoms with Crippen molar-refractivity contribution in [3.05, 3.63) is 39.9 Å². The van der Waals surface area contributed by atoms with Gasteiger partial charge in [-0.2, -0.15) is 0 Å². The predicted molar refractivity (Wildman–Crippen MR) is 62.4 cm³/mol. The molecule has 1 aromatic carbocycles. The Hall–Kier alpha value is -1.18. The highest BCUT2D eigenvalue weighted by atomic mass is 35.7. The highest BCUT2D eigenvalue weighted by molar-refractivity contribution is 8.13. The third kappa shape index (κ3) is 5.12. The van der Waals surface area contributed by atoms with E-state index in [4.69, 9.17) is 10.7 Å². The zero-order valence-electron chi connectivity index (χ0n) is 8.61. The van der Waals surface area contributed by atoms with Gasteiger partial charge < -0.3 is 5.11 Å². The monoisotopic (exact) mass is 279 g/mol. The lowest BCUT2D eigenvalue weighted by Crippen LogP contribution is -2.19. The van der Waals surface area contributed by atoms with Crippen molar-refractivity contribution in [2.24, 2.45) is 0 Å². The number of aliphatic hydroxyl groups is 1. The zero-order valence-corrected chi connectivity index (χ0v) is 10.2. The van der Waals surface area contributed by atoms with Crippen LogP contribution >= 0.6 is 10.7 Å². The maximum atomic E-state index is 10.7. The number of nitro groups is 1. The van der Waals surface area contributed by atoms with E-state index in [1.54, 1.807) is 0 Å². The second-order valence-corrected chi connectivity index (χ2v) is 6.31. The van der Waals surface area contributed by atoms with Gasteiger partial charge in [0.25, 0.3) is 5.69 Å². The number of aliphatic hydroxyl groups excluding tert-OH is 1. The summed E-state index contributed by atoms with van der Waals surface area (Å²) in [7, 11) is 1.23. The van der Waals surface area contributed by atoms with Crippen LogP contribution in [-0.4, -0.2) is 30.3 Å². The van der Waals surface area contributed by atoms with E-state index in [9.17, 15) is 23.6 Å². The molecule has 0 fully saturated rings. The lowest BCUT2D eigenvalue weighted by molar-refractivity contribution is -0.384. The van der Waals surface area contributed by atoms with Crippen molar-refractivity contribution in [2.75, 3.05) is 5.75 Å². The average Bonchev–Trinajstić information content (AvgIpc) is 2.15. The van der Waals surface area contributed by atoms with Crippen LogP contribution in [0.15, 0.2) is 24.3 Å². The van der Waals surface area contributed by atoms with Crippen LogP contribution in [0.2, 0.25) is 0 Å². The van der Waals surface area contributed by atoms with Crippen molar-refractivity contribution in [3.8, 4) is 0 Å². The molecule has 0 aliphatic rings. The quantitative estimate of drug-likeness (QED) is 0.494. The highest BCUT2D eigenvalue weighted by Crippen LogP contribution is 2.14. The van der Waals surface area contributed by atoms with E-state index in [0.717, 1.165) is 0 Å². The second-order valence-electron chi connectivity index (χ2n) is 3.49. The Kier molecular flexibility index (Phi) is 4.44. The van der Waals surface area contributed by atoms with Crippen LogP contribution in [-0.2, 0) is 15.5 Å². The molecule has 17 heavy (non-hydrogen) atoms. The van der Waals surface area contributed by atoms with E-state index in [2.05, 4.69) is 0 Å². The Morgan fingerprint density at radius 3 is 2.29 bits per heavy atom. The molecule has 1 aromatic rings. The predicted octanol–water partition coefficient (Wildman–Crippen LogP) is 1.07. The van der Waals surface area contributed by atoms with Crippen LogP contribution in [0.5, 0.6) is 0 Å². The molecule has 94 valence electrons. The van der Waals surface area contributed by atoms with E-state index in [1.807, 2.05) is 0 Å². The number of nitro benzene ring substituents is 1. The Labute approximate surface area is 102 Å². The fourth-order valence-corrected chi connectivity index (χ4v) is 2.33. The van der Waals surface area contributed by atoms with Crippen LogP contribution in [0, 0.1) is 10.1 Å². The van der Waals surface area contributed by atoms with Gasteiger partial charge >= 0.3 is 0 Å². The third-order valence-electron chi connectivity index (χ3n) is 2.01. The molecule has 0 spiro atoms. The van der Waals surface area contributed by atoms with E-state index >= 15 is 0 Å². The maximum absolute atomic E-state index is 10.7. The summed E-state index contributed by atoms with van der Waals surface area (Å²) in [6, 6.07) is 5.50. The number of hydrogen-bond acceptors (Lipinski definition) is 5. The van der Waals surface area contributed by atoms with Crippen LogP contribution in [0.25, 0.3) is 0 Å². The minimum absolute atomic E-state index is 0.0618. The Balaban J connectivity index is 2.66. The van der Waals surface area contributed by atoms with Gasteiger partial charge in [0, 0.05) is 22.8 Å². The molecule has 0 aliphatic carbocycles. The summed E-state index contributed by atoms with van der Waals surface area (Å²) < 4.78 is 21.4. The summed E-state index contributed by atoms with van der Waals surface area (Å²) >= 11 is 0. The topological polar surface area (TPSA) is 97.5 Å². The maximum Gasteiger partial charge on any atom is 0.269 e. The van der Waals surface area contributed by atoms with Gasteiger partial charge in [-0.1, -0.05) is 12.1 Å². The third-order valence-corrected chi connectivity index (χ3v) is 3.17. The molecule has 1 rings (SSSR count). The summed E-state index contributed by atoms with van der Waals surface area (Å²) in [6.07, 6.45) is -1.05. The van der Waals surface area contributed by atoms with Gasteiger partial charge in [-0.3, -0.25) is 10.1 Å². The molecule has 0 radical (unpaired) electrons. The minimum Gasteiger partial charge on any atom is -0.392 e.